The lowest BCUT2D eigenvalue weighted by Gasteiger charge is -2.14. The van der Waals surface area contributed by atoms with E-state index < -0.39 is 24.1 Å². The Hall–Kier alpha value is -2.03. The van der Waals surface area contributed by atoms with Gasteiger partial charge in [-0.2, -0.15) is 4.98 Å². The van der Waals surface area contributed by atoms with Gasteiger partial charge in [0.1, 0.15) is 18.0 Å². The molecular weight excluding hydrogens is 266 g/mol. The van der Waals surface area contributed by atoms with Crippen LogP contribution in [-0.4, -0.2) is 43.6 Å². The number of rotatable bonds is 2. The summed E-state index contributed by atoms with van der Waals surface area (Å²) in [6, 6.07) is 2.88. The van der Waals surface area contributed by atoms with Crippen molar-refractivity contribution in [3.63, 3.8) is 0 Å². The van der Waals surface area contributed by atoms with Crippen molar-refractivity contribution >= 4 is 11.0 Å². The maximum Gasteiger partial charge on any atom is 0.351 e. The number of nitrogens with one attached hydrogen (secondary N) is 1. The maximum absolute atomic E-state index is 11.9. The standard InChI is InChI=1S/C12H13N3O5/c16-5-8-7(17)3-10(20-8)15-4-6-1-2-9(18)13-11(6)14-12(15)19/h1-2,4,7-8,10,16-17H,3,5H2,(H,13,14,18,19). The summed E-state index contributed by atoms with van der Waals surface area (Å²) in [5, 5.41) is 19.3. The van der Waals surface area contributed by atoms with E-state index in [2.05, 4.69) is 9.97 Å². The maximum atomic E-state index is 11.9. The van der Waals surface area contributed by atoms with Gasteiger partial charge in [-0.25, -0.2) is 4.79 Å². The van der Waals surface area contributed by atoms with Crippen LogP contribution < -0.4 is 11.2 Å². The Morgan fingerprint density at radius 1 is 1.45 bits per heavy atom. The Morgan fingerprint density at radius 2 is 2.25 bits per heavy atom. The quantitative estimate of drug-likeness (QED) is 0.630. The van der Waals surface area contributed by atoms with Crippen LogP contribution in [0.1, 0.15) is 12.6 Å². The summed E-state index contributed by atoms with van der Waals surface area (Å²) in [7, 11) is 0. The number of pyridine rings is 1. The minimum absolute atomic E-state index is 0.196. The monoisotopic (exact) mass is 279 g/mol. The zero-order valence-corrected chi connectivity index (χ0v) is 10.4. The number of hydrogen-bond donors (Lipinski definition) is 3. The molecule has 1 fully saturated rings. The highest BCUT2D eigenvalue weighted by Crippen LogP contribution is 2.27. The molecule has 0 aromatic carbocycles. The van der Waals surface area contributed by atoms with E-state index in [4.69, 9.17) is 9.84 Å². The van der Waals surface area contributed by atoms with E-state index in [0.29, 0.717) is 5.39 Å². The van der Waals surface area contributed by atoms with Crippen molar-refractivity contribution in [1.82, 2.24) is 14.5 Å². The molecule has 3 rings (SSSR count). The lowest BCUT2D eigenvalue weighted by atomic mass is 10.2. The lowest BCUT2D eigenvalue weighted by Crippen LogP contribution is -2.28. The highest BCUT2D eigenvalue weighted by Gasteiger charge is 2.35. The van der Waals surface area contributed by atoms with Crippen LogP contribution >= 0.6 is 0 Å². The summed E-state index contributed by atoms with van der Waals surface area (Å²) >= 11 is 0. The van der Waals surface area contributed by atoms with Crippen molar-refractivity contribution in [3.05, 3.63) is 39.2 Å². The molecule has 2 aromatic rings. The van der Waals surface area contributed by atoms with Gasteiger partial charge in [0.25, 0.3) is 0 Å². The second-order valence-corrected chi connectivity index (χ2v) is 4.67. The van der Waals surface area contributed by atoms with Crippen LogP contribution in [0.3, 0.4) is 0 Å². The minimum atomic E-state index is -0.830. The molecule has 0 spiro atoms. The van der Waals surface area contributed by atoms with Crippen molar-refractivity contribution in [3.8, 4) is 0 Å². The molecule has 1 aliphatic rings. The number of aliphatic hydroxyl groups is 2. The van der Waals surface area contributed by atoms with Crippen LogP contribution in [0.4, 0.5) is 0 Å². The van der Waals surface area contributed by atoms with E-state index in [1.165, 1.54) is 16.8 Å². The largest absolute Gasteiger partial charge is 0.394 e. The van der Waals surface area contributed by atoms with Gasteiger partial charge in [0.15, 0.2) is 0 Å². The highest BCUT2D eigenvalue weighted by molar-refractivity contribution is 5.72. The van der Waals surface area contributed by atoms with Gasteiger partial charge in [-0.15, -0.1) is 0 Å². The number of fused-ring (bicyclic) bond motifs is 1. The molecule has 0 amide bonds. The average molecular weight is 279 g/mol. The van der Waals surface area contributed by atoms with Crippen LogP contribution in [0.5, 0.6) is 0 Å². The molecule has 20 heavy (non-hydrogen) atoms. The number of aliphatic hydroxyl groups excluding tert-OH is 2. The molecule has 8 nitrogen and oxygen atoms in total. The van der Waals surface area contributed by atoms with Crippen molar-refractivity contribution in [2.24, 2.45) is 0 Å². The Balaban J connectivity index is 2.04. The molecule has 106 valence electrons. The molecular formula is C12H13N3O5. The first kappa shape index (κ1) is 13.0. The summed E-state index contributed by atoms with van der Waals surface area (Å²) in [6.45, 7) is -0.319. The third-order valence-electron chi connectivity index (χ3n) is 3.33. The molecule has 0 aliphatic carbocycles. The second-order valence-electron chi connectivity index (χ2n) is 4.67. The SMILES string of the molecule is O=c1ccc2cn(C3CC(O)C(CO)O3)c(=O)nc2[nH]1. The Bertz CT molecular complexity index is 753. The fraction of sp³-hybridized carbons (Fsp3) is 0.417. The number of aromatic nitrogens is 3. The van der Waals surface area contributed by atoms with Gasteiger partial charge >= 0.3 is 5.69 Å². The second kappa shape index (κ2) is 4.82. The van der Waals surface area contributed by atoms with Gasteiger partial charge in [0, 0.05) is 24.1 Å². The van der Waals surface area contributed by atoms with Gasteiger partial charge in [0.05, 0.1) is 12.7 Å². The zero-order chi connectivity index (χ0) is 14.3. The normalized spacial score (nSPS) is 26.2. The van der Waals surface area contributed by atoms with Crippen LogP contribution in [0.15, 0.2) is 27.9 Å². The van der Waals surface area contributed by atoms with Crippen molar-refractivity contribution in [2.45, 2.75) is 24.9 Å². The van der Waals surface area contributed by atoms with E-state index in [-0.39, 0.29) is 24.2 Å². The van der Waals surface area contributed by atoms with Crippen molar-refractivity contribution in [2.75, 3.05) is 6.61 Å². The van der Waals surface area contributed by atoms with Crippen LogP contribution in [0.2, 0.25) is 0 Å². The number of nitrogens with zero attached hydrogens (tertiary/aromatic N) is 2. The Kier molecular flexibility index (Phi) is 3.13. The summed E-state index contributed by atoms with van der Waals surface area (Å²) < 4.78 is 6.66. The third-order valence-corrected chi connectivity index (χ3v) is 3.33. The first-order valence-corrected chi connectivity index (χ1v) is 6.15. The molecule has 0 saturated carbocycles. The molecule has 0 bridgehead atoms. The molecule has 1 saturated heterocycles. The molecule has 0 radical (unpaired) electrons. The molecule has 3 N–H and O–H groups in total. The van der Waals surface area contributed by atoms with Gasteiger partial charge < -0.3 is 19.9 Å². The van der Waals surface area contributed by atoms with Gasteiger partial charge in [-0.05, 0) is 6.07 Å². The third kappa shape index (κ3) is 2.13. The Morgan fingerprint density at radius 3 is 2.95 bits per heavy atom. The van der Waals surface area contributed by atoms with Gasteiger partial charge in [0.2, 0.25) is 5.56 Å². The van der Waals surface area contributed by atoms with Crippen molar-refractivity contribution < 1.29 is 14.9 Å². The fourth-order valence-corrected chi connectivity index (χ4v) is 2.29. The molecule has 1 aliphatic heterocycles. The van der Waals surface area contributed by atoms with Crippen LogP contribution in [0.25, 0.3) is 11.0 Å². The van der Waals surface area contributed by atoms with E-state index in [0.717, 1.165) is 0 Å². The predicted octanol–water partition coefficient (Wildman–Crippen LogP) is -1.27. The number of hydrogen-bond acceptors (Lipinski definition) is 6. The summed E-state index contributed by atoms with van der Waals surface area (Å²) in [5.74, 6) is 0. The number of aromatic amines is 1. The van der Waals surface area contributed by atoms with Crippen LogP contribution in [0, 0.1) is 0 Å². The van der Waals surface area contributed by atoms with E-state index in [1.54, 1.807) is 6.07 Å². The topological polar surface area (TPSA) is 117 Å². The summed E-state index contributed by atoms with van der Waals surface area (Å²) in [4.78, 5) is 29.4. The first-order chi connectivity index (χ1) is 9.58. The van der Waals surface area contributed by atoms with Gasteiger partial charge in [-0.1, -0.05) is 0 Å². The molecule has 8 heteroatoms. The fourth-order valence-electron chi connectivity index (χ4n) is 2.29. The minimum Gasteiger partial charge on any atom is -0.394 e. The van der Waals surface area contributed by atoms with Crippen molar-refractivity contribution in [1.29, 1.82) is 0 Å². The molecule has 2 aromatic heterocycles. The van der Waals surface area contributed by atoms with E-state index in [9.17, 15) is 14.7 Å². The summed E-state index contributed by atoms with van der Waals surface area (Å²) in [5.41, 5.74) is -0.721. The number of ether oxygens (including phenoxy) is 1. The Labute approximate surface area is 112 Å². The molecule has 3 unspecified atom stereocenters. The average Bonchev–Trinajstić information content (AvgIpc) is 2.79. The molecule has 3 heterocycles. The molecule has 3 atom stereocenters. The highest BCUT2D eigenvalue weighted by atomic mass is 16.5. The van der Waals surface area contributed by atoms with E-state index in [1.807, 2.05) is 0 Å². The first-order valence-electron chi connectivity index (χ1n) is 6.15. The summed E-state index contributed by atoms with van der Waals surface area (Å²) in [6.07, 6.45) is -0.515. The smallest absolute Gasteiger partial charge is 0.351 e. The zero-order valence-electron chi connectivity index (χ0n) is 10.4. The van der Waals surface area contributed by atoms with Crippen LogP contribution in [-0.2, 0) is 4.74 Å². The lowest BCUT2D eigenvalue weighted by molar-refractivity contribution is -0.0457. The van der Waals surface area contributed by atoms with E-state index >= 15 is 0 Å². The number of H-pyrrole nitrogens is 1. The predicted molar refractivity (Wildman–Crippen MR) is 68.2 cm³/mol. The van der Waals surface area contributed by atoms with Gasteiger partial charge in [-0.3, -0.25) is 9.36 Å².